The summed E-state index contributed by atoms with van der Waals surface area (Å²) in [5.74, 6) is -0.907. The number of carbonyl (C=O) groups excluding carboxylic acids is 1. The Bertz CT molecular complexity index is 1410. The van der Waals surface area contributed by atoms with E-state index in [0.29, 0.717) is 46.1 Å². The molecule has 0 saturated heterocycles. The summed E-state index contributed by atoms with van der Waals surface area (Å²) in [6.45, 7) is 1.87. The third-order valence-corrected chi connectivity index (χ3v) is 6.14. The number of methoxy groups -OCH3 is 3. The van der Waals surface area contributed by atoms with E-state index in [0.717, 1.165) is 5.56 Å². The van der Waals surface area contributed by atoms with Crippen LogP contribution >= 0.6 is 0 Å². The molecule has 4 aromatic rings. The molecule has 0 aliphatic rings. The fraction of sp³-hybridized carbons (Fsp3) is 0.172. The molecule has 0 fully saturated rings. The predicted molar refractivity (Wildman–Crippen MR) is 137 cm³/mol. The highest BCUT2D eigenvalue weighted by Gasteiger charge is 2.29. The van der Waals surface area contributed by atoms with E-state index < -0.39 is 11.9 Å². The van der Waals surface area contributed by atoms with E-state index in [9.17, 15) is 14.7 Å². The number of hydrogen-bond donors (Lipinski definition) is 1. The molecule has 1 N–H and O–H groups in total. The van der Waals surface area contributed by atoms with Gasteiger partial charge in [0.2, 0.25) is 0 Å². The molecule has 0 amide bonds. The maximum atomic E-state index is 12.8. The maximum absolute atomic E-state index is 12.8. The minimum absolute atomic E-state index is 0.187. The SMILES string of the molecule is COC(=O)c1cc(OC)c(OC)c(-n2c(C)c(Cc3ccccc3)c(C(=O)O)c2-c2ccccc2)c1. The molecule has 36 heavy (non-hydrogen) atoms. The molecule has 0 aliphatic carbocycles. The number of hydrogen-bond acceptors (Lipinski definition) is 5. The van der Waals surface area contributed by atoms with Gasteiger partial charge in [0.1, 0.15) is 0 Å². The van der Waals surface area contributed by atoms with Crippen molar-refractivity contribution in [1.82, 2.24) is 4.57 Å². The minimum Gasteiger partial charge on any atom is -0.493 e. The molecule has 0 aliphatic heterocycles. The number of carboxylic acids is 1. The molecule has 7 nitrogen and oxygen atoms in total. The van der Waals surface area contributed by atoms with Gasteiger partial charge >= 0.3 is 11.9 Å². The first-order chi connectivity index (χ1) is 17.4. The Morgan fingerprint density at radius 3 is 2.08 bits per heavy atom. The van der Waals surface area contributed by atoms with Gasteiger partial charge in [0.05, 0.1) is 43.8 Å². The third-order valence-electron chi connectivity index (χ3n) is 6.14. The smallest absolute Gasteiger partial charge is 0.338 e. The summed E-state index contributed by atoms with van der Waals surface area (Å²) in [7, 11) is 4.28. The second-order valence-electron chi connectivity index (χ2n) is 8.18. The van der Waals surface area contributed by atoms with Crippen LogP contribution in [0.5, 0.6) is 11.5 Å². The van der Waals surface area contributed by atoms with Crippen molar-refractivity contribution in [1.29, 1.82) is 0 Å². The summed E-state index contributed by atoms with van der Waals surface area (Å²) >= 11 is 0. The standard InChI is InChI=1S/C29H27NO6/c1-18-22(15-19-11-7-5-8-12-19)25(28(31)32)26(20-13-9-6-10-14-20)30(18)23-16-21(29(33)36-4)17-24(34-2)27(23)35-3/h5-14,16-17H,15H2,1-4H3,(H,31,32). The summed E-state index contributed by atoms with van der Waals surface area (Å²) in [6, 6.07) is 22.2. The Morgan fingerprint density at radius 2 is 1.53 bits per heavy atom. The van der Waals surface area contributed by atoms with Gasteiger partial charge in [0.15, 0.2) is 11.5 Å². The quantitative estimate of drug-likeness (QED) is 0.330. The monoisotopic (exact) mass is 485 g/mol. The van der Waals surface area contributed by atoms with E-state index in [-0.39, 0.29) is 11.1 Å². The number of rotatable bonds is 8. The van der Waals surface area contributed by atoms with Crippen molar-refractivity contribution in [2.24, 2.45) is 0 Å². The van der Waals surface area contributed by atoms with Crippen LogP contribution < -0.4 is 9.47 Å². The van der Waals surface area contributed by atoms with E-state index >= 15 is 0 Å². The number of nitrogens with zero attached hydrogens (tertiary/aromatic N) is 1. The van der Waals surface area contributed by atoms with Gasteiger partial charge in [0, 0.05) is 12.1 Å². The molecule has 7 heteroatoms. The molecule has 0 spiro atoms. The first-order valence-corrected chi connectivity index (χ1v) is 11.3. The molecule has 0 radical (unpaired) electrons. The summed E-state index contributed by atoms with van der Waals surface area (Å²) in [6.07, 6.45) is 0.414. The highest BCUT2D eigenvalue weighted by atomic mass is 16.5. The molecule has 3 aromatic carbocycles. The lowest BCUT2D eigenvalue weighted by atomic mass is 9.98. The van der Waals surface area contributed by atoms with Crippen molar-refractivity contribution in [2.75, 3.05) is 21.3 Å². The third kappa shape index (κ3) is 4.43. The van der Waals surface area contributed by atoms with Crippen LogP contribution in [0.15, 0.2) is 72.8 Å². The van der Waals surface area contributed by atoms with Crippen molar-refractivity contribution >= 4 is 11.9 Å². The number of benzene rings is 3. The van der Waals surface area contributed by atoms with E-state index in [2.05, 4.69) is 0 Å². The van der Waals surface area contributed by atoms with Gasteiger partial charge < -0.3 is 23.9 Å². The van der Waals surface area contributed by atoms with Crippen LogP contribution in [0.1, 0.15) is 37.5 Å². The number of carboxylic acid groups (broad SMARTS) is 1. The number of esters is 1. The van der Waals surface area contributed by atoms with Crippen LogP contribution in [0.2, 0.25) is 0 Å². The Morgan fingerprint density at radius 1 is 0.889 bits per heavy atom. The van der Waals surface area contributed by atoms with Crippen LogP contribution in [-0.4, -0.2) is 42.9 Å². The zero-order chi connectivity index (χ0) is 25.8. The Labute approximate surface area is 209 Å². The Hall–Kier alpha value is -4.52. The van der Waals surface area contributed by atoms with E-state index in [1.807, 2.05) is 72.2 Å². The van der Waals surface area contributed by atoms with E-state index in [4.69, 9.17) is 14.2 Å². The van der Waals surface area contributed by atoms with Crippen molar-refractivity contribution in [2.45, 2.75) is 13.3 Å². The lowest BCUT2D eigenvalue weighted by Crippen LogP contribution is -2.09. The topological polar surface area (TPSA) is 87.0 Å². The Kier molecular flexibility index (Phi) is 7.10. The van der Waals surface area contributed by atoms with Gasteiger partial charge in [-0.1, -0.05) is 60.7 Å². The lowest BCUT2D eigenvalue weighted by Gasteiger charge is -2.19. The van der Waals surface area contributed by atoms with Crippen molar-refractivity contribution < 1.29 is 28.9 Å². The van der Waals surface area contributed by atoms with Crippen LogP contribution in [0.25, 0.3) is 16.9 Å². The van der Waals surface area contributed by atoms with Crippen molar-refractivity contribution in [3.05, 3.63) is 101 Å². The first-order valence-electron chi connectivity index (χ1n) is 11.3. The number of aromatic carboxylic acids is 1. The molecule has 0 unspecified atom stereocenters. The number of ether oxygens (including phenoxy) is 3. The summed E-state index contributed by atoms with van der Waals surface area (Å²) in [5, 5.41) is 10.4. The van der Waals surface area contributed by atoms with Crippen LogP contribution in [0, 0.1) is 6.92 Å². The molecule has 1 aromatic heterocycles. The highest BCUT2D eigenvalue weighted by molar-refractivity contribution is 5.99. The molecular weight excluding hydrogens is 458 g/mol. The van der Waals surface area contributed by atoms with Gasteiger partial charge in [-0.05, 0) is 35.7 Å². The molecular formula is C29H27NO6. The molecule has 0 bridgehead atoms. The summed E-state index contributed by atoms with van der Waals surface area (Å²) in [5.41, 5.74) is 4.44. The fourth-order valence-electron chi connectivity index (χ4n) is 4.50. The second kappa shape index (κ2) is 10.4. The van der Waals surface area contributed by atoms with Crippen molar-refractivity contribution in [3.63, 3.8) is 0 Å². The zero-order valence-corrected chi connectivity index (χ0v) is 20.6. The van der Waals surface area contributed by atoms with Crippen LogP contribution in [0.3, 0.4) is 0 Å². The average molecular weight is 486 g/mol. The molecule has 0 atom stereocenters. The number of aromatic nitrogens is 1. The maximum Gasteiger partial charge on any atom is 0.338 e. The van der Waals surface area contributed by atoms with E-state index in [1.54, 1.807) is 6.07 Å². The zero-order valence-electron chi connectivity index (χ0n) is 20.6. The number of carbonyl (C=O) groups is 2. The Balaban J connectivity index is 2.13. The molecule has 0 saturated carbocycles. The van der Waals surface area contributed by atoms with E-state index in [1.165, 1.54) is 27.4 Å². The fourth-order valence-corrected chi connectivity index (χ4v) is 4.50. The largest absolute Gasteiger partial charge is 0.493 e. The summed E-state index contributed by atoms with van der Waals surface area (Å²) in [4.78, 5) is 25.3. The van der Waals surface area contributed by atoms with Gasteiger partial charge in [-0.2, -0.15) is 0 Å². The second-order valence-corrected chi connectivity index (χ2v) is 8.18. The minimum atomic E-state index is -1.04. The van der Waals surface area contributed by atoms with Crippen LogP contribution in [0.4, 0.5) is 0 Å². The van der Waals surface area contributed by atoms with Crippen LogP contribution in [-0.2, 0) is 11.2 Å². The van der Waals surface area contributed by atoms with Crippen molar-refractivity contribution in [3.8, 4) is 28.4 Å². The summed E-state index contributed by atoms with van der Waals surface area (Å²) < 4.78 is 18.0. The van der Waals surface area contributed by atoms with Gasteiger partial charge in [-0.25, -0.2) is 9.59 Å². The first kappa shape index (κ1) is 24.6. The molecule has 1 heterocycles. The normalized spacial score (nSPS) is 10.7. The predicted octanol–water partition coefficient (Wildman–Crippen LogP) is 5.55. The van der Waals surface area contributed by atoms with Gasteiger partial charge in [-0.15, -0.1) is 0 Å². The molecule has 4 rings (SSSR count). The van der Waals surface area contributed by atoms with Gasteiger partial charge in [0.25, 0.3) is 0 Å². The molecule has 184 valence electrons. The van der Waals surface area contributed by atoms with Gasteiger partial charge in [-0.3, -0.25) is 0 Å². The lowest BCUT2D eigenvalue weighted by molar-refractivity contribution is 0.0599. The average Bonchev–Trinajstić information content (AvgIpc) is 3.20. The highest BCUT2D eigenvalue weighted by Crippen LogP contribution is 2.42.